The number of anilines is 1. The molecule has 19 heavy (non-hydrogen) atoms. The van der Waals surface area contributed by atoms with Gasteiger partial charge in [-0.2, -0.15) is 13.2 Å². The van der Waals surface area contributed by atoms with Crippen LogP contribution in [-0.4, -0.2) is 18.3 Å². The number of rotatable bonds is 2. The molecule has 1 fully saturated rings. The fraction of sp³-hybridized carbons (Fsp3) is 0.538. The number of benzene rings is 1. The van der Waals surface area contributed by atoms with Crippen LogP contribution in [0.15, 0.2) is 18.2 Å². The third-order valence-electron chi connectivity index (χ3n) is 3.37. The quantitative estimate of drug-likeness (QED) is 0.816. The summed E-state index contributed by atoms with van der Waals surface area (Å²) < 4.78 is 43.2. The number of nitrogens with two attached hydrogens (primary N) is 1. The molecule has 2 unspecified atom stereocenters. The first-order chi connectivity index (χ1) is 8.89. The Morgan fingerprint density at radius 2 is 2.11 bits per heavy atom. The average Bonchev–Trinajstić information content (AvgIpc) is 2.38. The number of ether oxygens (including phenoxy) is 1. The van der Waals surface area contributed by atoms with Gasteiger partial charge in [0.25, 0.3) is 0 Å². The predicted octanol–water partition coefficient (Wildman–Crippen LogP) is 2.75. The summed E-state index contributed by atoms with van der Waals surface area (Å²) >= 11 is 0. The van der Waals surface area contributed by atoms with E-state index in [1.807, 2.05) is 0 Å². The minimum absolute atomic E-state index is 0.130. The first kappa shape index (κ1) is 14.1. The first-order valence-corrected chi connectivity index (χ1v) is 6.12. The van der Waals surface area contributed by atoms with Crippen molar-refractivity contribution in [2.24, 2.45) is 5.92 Å². The molecule has 1 heterocycles. The van der Waals surface area contributed by atoms with Gasteiger partial charge in [0.05, 0.1) is 18.3 Å². The van der Waals surface area contributed by atoms with Crippen LogP contribution in [0.5, 0.6) is 0 Å². The molecular weight excluding hydrogens is 259 g/mol. The van der Waals surface area contributed by atoms with E-state index in [2.05, 4.69) is 0 Å². The lowest BCUT2D eigenvalue weighted by Crippen LogP contribution is -2.24. The van der Waals surface area contributed by atoms with Crippen molar-refractivity contribution in [3.8, 4) is 0 Å². The van der Waals surface area contributed by atoms with Crippen LogP contribution in [-0.2, 0) is 10.9 Å². The molecular formula is C13H16F3NO2. The van der Waals surface area contributed by atoms with Crippen molar-refractivity contribution < 1.29 is 23.0 Å². The lowest BCUT2D eigenvalue weighted by atomic mass is 9.89. The minimum Gasteiger partial charge on any atom is -0.398 e. The molecule has 0 aromatic heterocycles. The van der Waals surface area contributed by atoms with E-state index in [9.17, 15) is 18.3 Å². The first-order valence-electron chi connectivity index (χ1n) is 6.12. The average molecular weight is 275 g/mol. The maximum absolute atomic E-state index is 12.7. The van der Waals surface area contributed by atoms with Gasteiger partial charge >= 0.3 is 6.18 Å². The van der Waals surface area contributed by atoms with Crippen molar-refractivity contribution >= 4 is 5.69 Å². The number of hydrogen-bond acceptors (Lipinski definition) is 3. The van der Waals surface area contributed by atoms with Crippen molar-refractivity contribution in [1.82, 2.24) is 0 Å². The summed E-state index contributed by atoms with van der Waals surface area (Å²) in [5.74, 6) is -0.209. The van der Waals surface area contributed by atoms with Gasteiger partial charge in [-0.15, -0.1) is 0 Å². The fourth-order valence-corrected chi connectivity index (χ4v) is 2.28. The lowest BCUT2D eigenvalue weighted by molar-refractivity contribution is -0.137. The Morgan fingerprint density at radius 1 is 1.37 bits per heavy atom. The van der Waals surface area contributed by atoms with Crippen LogP contribution < -0.4 is 5.73 Å². The van der Waals surface area contributed by atoms with Gasteiger partial charge in [0, 0.05) is 23.8 Å². The van der Waals surface area contributed by atoms with Crippen LogP contribution in [0.25, 0.3) is 0 Å². The molecule has 0 spiro atoms. The van der Waals surface area contributed by atoms with Crippen LogP contribution in [0.4, 0.5) is 18.9 Å². The Balaban J connectivity index is 2.27. The molecule has 0 radical (unpaired) electrons. The minimum atomic E-state index is -4.44. The molecule has 1 aliphatic rings. The third kappa shape index (κ3) is 3.19. The Labute approximate surface area is 109 Å². The van der Waals surface area contributed by atoms with E-state index in [0.29, 0.717) is 13.2 Å². The Bertz CT molecular complexity index is 442. The maximum atomic E-state index is 12.7. The van der Waals surface area contributed by atoms with Gasteiger partial charge in [0.1, 0.15) is 0 Å². The van der Waals surface area contributed by atoms with Crippen molar-refractivity contribution in [1.29, 1.82) is 0 Å². The topological polar surface area (TPSA) is 55.5 Å². The molecule has 1 aromatic carbocycles. The number of nitrogen functional groups attached to an aromatic ring is 1. The van der Waals surface area contributed by atoms with Gasteiger partial charge in [-0.05, 0) is 31.0 Å². The summed E-state index contributed by atoms with van der Waals surface area (Å²) in [4.78, 5) is 0. The molecule has 0 amide bonds. The standard InChI is InChI=1S/C13H16F3NO2/c14-13(15,16)9-3-4-11(17)10(6-9)12(18)8-2-1-5-19-7-8/h3-4,6,8,12,18H,1-2,5,7,17H2. The van der Waals surface area contributed by atoms with Crippen molar-refractivity contribution in [3.05, 3.63) is 29.3 Å². The van der Waals surface area contributed by atoms with Crippen molar-refractivity contribution in [2.45, 2.75) is 25.1 Å². The van der Waals surface area contributed by atoms with Gasteiger partial charge in [-0.3, -0.25) is 0 Å². The lowest BCUT2D eigenvalue weighted by Gasteiger charge is -2.28. The number of aliphatic hydroxyl groups excluding tert-OH is 1. The molecule has 6 heteroatoms. The van der Waals surface area contributed by atoms with Gasteiger partial charge in [-0.1, -0.05) is 0 Å². The zero-order valence-corrected chi connectivity index (χ0v) is 10.3. The normalized spacial score (nSPS) is 22.2. The highest BCUT2D eigenvalue weighted by Gasteiger charge is 2.33. The van der Waals surface area contributed by atoms with E-state index in [0.717, 1.165) is 25.0 Å². The second-order valence-electron chi connectivity index (χ2n) is 4.76. The van der Waals surface area contributed by atoms with E-state index in [1.165, 1.54) is 6.07 Å². The van der Waals surface area contributed by atoms with Crippen LogP contribution in [0.3, 0.4) is 0 Å². The van der Waals surface area contributed by atoms with Crippen LogP contribution >= 0.6 is 0 Å². The zero-order chi connectivity index (χ0) is 14.0. The predicted molar refractivity (Wildman–Crippen MR) is 64.4 cm³/mol. The molecule has 106 valence electrons. The van der Waals surface area contributed by atoms with Crippen LogP contribution in [0.2, 0.25) is 0 Å². The van der Waals surface area contributed by atoms with E-state index in [1.54, 1.807) is 0 Å². The number of hydrogen-bond donors (Lipinski definition) is 2. The maximum Gasteiger partial charge on any atom is 0.416 e. The highest BCUT2D eigenvalue weighted by atomic mass is 19.4. The summed E-state index contributed by atoms with van der Waals surface area (Å²) in [7, 11) is 0. The Kier molecular flexibility index (Phi) is 4.01. The van der Waals surface area contributed by atoms with Gasteiger partial charge in [0.2, 0.25) is 0 Å². The van der Waals surface area contributed by atoms with E-state index >= 15 is 0 Å². The largest absolute Gasteiger partial charge is 0.416 e. The monoisotopic (exact) mass is 275 g/mol. The molecule has 3 nitrogen and oxygen atoms in total. The van der Waals surface area contributed by atoms with Crippen LogP contribution in [0, 0.1) is 5.92 Å². The summed E-state index contributed by atoms with van der Waals surface area (Å²) in [6.07, 6.45) is -3.95. The Hall–Kier alpha value is -1.27. The molecule has 1 saturated heterocycles. The van der Waals surface area contributed by atoms with Gasteiger partial charge in [0.15, 0.2) is 0 Å². The van der Waals surface area contributed by atoms with Crippen molar-refractivity contribution in [2.75, 3.05) is 18.9 Å². The smallest absolute Gasteiger partial charge is 0.398 e. The zero-order valence-electron chi connectivity index (χ0n) is 10.3. The van der Waals surface area contributed by atoms with Gasteiger partial charge < -0.3 is 15.6 Å². The molecule has 1 aromatic rings. The van der Waals surface area contributed by atoms with Crippen molar-refractivity contribution in [3.63, 3.8) is 0 Å². The number of alkyl halides is 3. The molecule has 1 aliphatic heterocycles. The fourth-order valence-electron chi connectivity index (χ4n) is 2.28. The molecule has 2 rings (SSSR count). The van der Waals surface area contributed by atoms with Crippen LogP contribution in [0.1, 0.15) is 30.1 Å². The SMILES string of the molecule is Nc1ccc(C(F)(F)F)cc1C(O)C1CCCOC1. The second-order valence-corrected chi connectivity index (χ2v) is 4.76. The molecule has 0 bridgehead atoms. The second kappa shape index (κ2) is 5.38. The Morgan fingerprint density at radius 3 is 2.68 bits per heavy atom. The highest BCUT2D eigenvalue weighted by molar-refractivity contribution is 5.50. The highest BCUT2D eigenvalue weighted by Crippen LogP contribution is 2.36. The van der Waals surface area contributed by atoms with E-state index < -0.39 is 17.8 Å². The third-order valence-corrected chi connectivity index (χ3v) is 3.37. The number of aliphatic hydroxyl groups is 1. The number of halogens is 3. The molecule has 2 atom stereocenters. The van der Waals surface area contributed by atoms with E-state index in [4.69, 9.17) is 10.5 Å². The molecule has 0 aliphatic carbocycles. The van der Waals surface area contributed by atoms with Gasteiger partial charge in [-0.25, -0.2) is 0 Å². The summed E-state index contributed by atoms with van der Waals surface area (Å²) in [5, 5.41) is 10.2. The van der Waals surface area contributed by atoms with E-state index in [-0.39, 0.29) is 17.2 Å². The summed E-state index contributed by atoms with van der Waals surface area (Å²) in [6, 6.07) is 3.03. The summed E-state index contributed by atoms with van der Waals surface area (Å²) in [5.41, 5.74) is 5.18. The molecule has 3 N–H and O–H groups in total. The summed E-state index contributed by atoms with van der Waals surface area (Å²) in [6.45, 7) is 0.970. The molecule has 0 saturated carbocycles.